The van der Waals surface area contributed by atoms with Crippen molar-refractivity contribution in [1.29, 1.82) is 0 Å². The number of amidine groups is 1. The number of thioether (sulfide) groups is 1. The fraction of sp³-hybridized carbons (Fsp3) is 0.467. The first-order valence-electron chi connectivity index (χ1n) is 6.63. The van der Waals surface area contributed by atoms with Crippen LogP contribution in [0, 0.1) is 0 Å². The van der Waals surface area contributed by atoms with Crippen LogP contribution in [0.3, 0.4) is 0 Å². The van der Waals surface area contributed by atoms with Crippen molar-refractivity contribution in [2.24, 2.45) is 4.99 Å². The van der Waals surface area contributed by atoms with Crippen LogP contribution in [0.5, 0.6) is 0 Å². The van der Waals surface area contributed by atoms with Crippen LogP contribution in [0.2, 0.25) is 0 Å². The normalized spacial score (nSPS) is 22.8. The number of hydrogen-bond acceptors (Lipinski definition) is 4. The first-order chi connectivity index (χ1) is 9.02. The average Bonchev–Trinajstić information content (AvgIpc) is 2.39. The first kappa shape index (κ1) is 14.1. The molecule has 0 aliphatic carbocycles. The molecule has 2 rings (SSSR count). The smallest absolute Gasteiger partial charge is 0.161 e. The number of aliphatic imine (C=N–C) groups is 1. The highest BCUT2D eigenvalue weighted by molar-refractivity contribution is 8.14. The van der Waals surface area contributed by atoms with E-state index in [0.29, 0.717) is 0 Å². The Kier molecular flexibility index (Phi) is 4.30. The number of benzene rings is 1. The van der Waals surface area contributed by atoms with Gasteiger partial charge in [0, 0.05) is 17.0 Å². The number of carbonyl (C=O) groups is 1. The highest BCUT2D eigenvalue weighted by Crippen LogP contribution is 2.29. The third-order valence-electron chi connectivity index (χ3n) is 3.56. The summed E-state index contributed by atoms with van der Waals surface area (Å²) in [5, 5.41) is 4.32. The van der Waals surface area contributed by atoms with E-state index in [1.54, 1.807) is 18.7 Å². The molecule has 0 bridgehead atoms. The van der Waals surface area contributed by atoms with Crippen LogP contribution < -0.4 is 5.32 Å². The molecule has 1 aliphatic rings. The van der Waals surface area contributed by atoms with Crippen molar-refractivity contribution in [3.05, 3.63) is 29.8 Å². The molecular formula is C15H20N2OS. The second-order valence-corrected chi connectivity index (χ2v) is 6.21. The van der Waals surface area contributed by atoms with Crippen molar-refractivity contribution in [1.82, 2.24) is 0 Å². The van der Waals surface area contributed by atoms with Gasteiger partial charge in [0.25, 0.3) is 0 Å². The quantitative estimate of drug-likeness (QED) is 0.850. The molecule has 0 saturated carbocycles. The van der Waals surface area contributed by atoms with Gasteiger partial charge in [-0.2, -0.15) is 0 Å². The Morgan fingerprint density at radius 3 is 2.68 bits per heavy atom. The standard InChI is InChI=1S/C15H20N2OS/c1-4-15(3)9-10-19-14(17-15)16-13-7-5-12(6-8-13)11(2)18/h5-8H,4,9-10H2,1-3H3,(H,16,17). The molecule has 0 fully saturated rings. The minimum Gasteiger partial charge on any atom is -0.335 e. The third kappa shape index (κ3) is 3.60. The molecule has 0 amide bonds. The lowest BCUT2D eigenvalue weighted by Crippen LogP contribution is -2.29. The first-order valence-corrected chi connectivity index (χ1v) is 7.62. The molecule has 0 saturated heterocycles. The van der Waals surface area contributed by atoms with Crippen molar-refractivity contribution < 1.29 is 4.79 Å². The van der Waals surface area contributed by atoms with Crippen molar-refractivity contribution in [2.75, 3.05) is 11.1 Å². The minimum atomic E-state index is 0.0624. The fourth-order valence-corrected chi connectivity index (χ4v) is 3.14. The van der Waals surface area contributed by atoms with E-state index in [9.17, 15) is 4.79 Å². The number of Topliss-reactive ketones (excluding diaryl/α,β-unsaturated/α-hetero) is 1. The lowest BCUT2D eigenvalue weighted by molar-refractivity contribution is 0.101. The molecule has 102 valence electrons. The van der Waals surface area contributed by atoms with Gasteiger partial charge in [0.2, 0.25) is 0 Å². The number of carbonyl (C=O) groups excluding carboxylic acids is 1. The van der Waals surface area contributed by atoms with Crippen LogP contribution in [0.1, 0.15) is 44.0 Å². The van der Waals surface area contributed by atoms with Gasteiger partial charge >= 0.3 is 0 Å². The molecule has 1 aromatic rings. The van der Waals surface area contributed by atoms with E-state index < -0.39 is 0 Å². The number of ketones is 1. The largest absolute Gasteiger partial charge is 0.335 e. The Bertz CT molecular complexity index is 495. The van der Waals surface area contributed by atoms with Crippen LogP contribution in [0.15, 0.2) is 29.3 Å². The average molecular weight is 276 g/mol. The molecule has 1 atom stereocenters. The zero-order valence-electron chi connectivity index (χ0n) is 11.7. The lowest BCUT2D eigenvalue weighted by atomic mass is 9.97. The highest BCUT2D eigenvalue weighted by atomic mass is 32.2. The molecule has 1 aliphatic heterocycles. The summed E-state index contributed by atoms with van der Waals surface area (Å²) in [5.74, 6) is 1.19. The summed E-state index contributed by atoms with van der Waals surface area (Å²) in [6, 6.07) is 7.55. The SMILES string of the molecule is CCC1(C)CCSC(Nc2ccc(C(C)=O)cc2)=N1. The molecule has 3 nitrogen and oxygen atoms in total. The molecule has 1 heterocycles. The second kappa shape index (κ2) is 5.78. The predicted molar refractivity (Wildman–Crippen MR) is 83.3 cm³/mol. The number of nitrogens with one attached hydrogen (secondary N) is 1. The highest BCUT2D eigenvalue weighted by Gasteiger charge is 2.25. The molecule has 0 radical (unpaired) electrons. The van der Waals surface area contributed by atoms with Gasteiger partial charge in [0.1, 0.15) is 0 Å². The molecule has 19 heavy (non-hydrogen) atoms. The van der Waals surface area contributed by atoms with Crippen molar-refractivity contribution >= 4 is 28.4 Å². The summed E-state index contributed by atoms with van der Waals surface area (Å²) < 4.78 is 0. The summed E-state index contributed by atoms with van der Waals surface area (Å²) in [6.45, 7) is 5.96. The zero-order valence-corrected chi connectivity index (χ0v) is 12.5. The van der Waals surface area contributed by atoms with Crippen molar-refractivity contribution in [3.63, 3.8) is 0 Å². The zero-order chi connectivity index (χ0) is 13.9. The van der Waals surface area contributed by atoms with E-state index in [2.05, 4.69) is 19.2 Å². The van der Waals surface area contributed by atoms with Gasteiger partial charge in [-0.3, -0.25) is 9.79 Å². The molecule has 1 unspecified atom stereocenters. The maximum atomic E-state index is 11.2. The summed E-state index contributed by atoms with van der Waals surface area (Å²) in [7, 11) is 0. The molecule has 0 aromatic heterocycles. The number of hydrogen-bond donors (Lipinski definition) is 1. The molecule has 1 N–H and O–H groups in total. The Hall–Kier alpha value is -1.29. The Labute approximate surface area is 118 Å². The summed E-state index contributed by atoms with van der Waals surface area (Å²) in [4.78, 5) is 16.0. The van der Waals surface area contributed by atoms with Crippen molar-refractivity contribution in [2.45, 2.75) is 39.2 Å². The van der Waals surface area contributed by atoms with E-state index in [0.717, 1.165) is 35.0 Å². The lowest BCUT2D eigenvalue weighted by Gasteiger charge is -2.29. The van der Waals surface area contributed by atoms with Gasteiger partial charge in [-0.05, 0) is 51.0 Å². The van der Waals surface area contributed by atoms with E-state index >= 15 is 0 Å². The molecule has 0 spiro atoms. The second-order valence-electron chi connectivity index (χ2n) is 5.12. The fourth-order valence-electron chi connectivity index (χ4n) is 1.93. The molecule has 4 heteroatoms. The van der Waals surface area contributed by atoms with Gasteiger partial charge in [0.15, 0.2) is 11.0 Å². The molecular weight excluding hydrogens is 256 g/mol. The van der Waals surface area contributed by atoms with Gasteiger partial charge in [-0.25, -0.2) is 0 Å². The maximum Gasteiger partial charge on any atom is 0.161 e. The van der Waals surface area contributed by atoms with Crippen LogP contribution in [0.25, 0.3) is 0 Å². The van der Waals surface area contributed by atoms with Crippen molar-refractivity contribution in [3.8, 4) is 0 Å². The number of anilines is 1. The topological polar surface area (TPSA) is 41.5 Å². The van der Waals surface area contributed by atoms with E-state index in [-0.39, 0.29) is 11.3 Å². The Morgan fingerprint density at radius 2 is 2.11 bits per heavy atom. The van der Waals surface area contributed by atoms with E-state index in [1.807, 2.05) is 24.3 Å². The monoisotopic (exact) mass is 276 g/mol. The maximum absolute atomic E-state index is 11.2. The minimum absolute atomic E-state index is 0.0624. The van der Waals surface area contributed by atoms with Gasteiger partial charge in [-0.1, -0.05) is 18.7 Å². The van der Waals surface area contributed by atoms with Gasteiger partial charge < -0.3 is 5.32 Å². The predicted octanol–water partition coefficient (Wildman–Crippen LogP) is 3.96. The summed E-state index contributed by atoms with van der Waals surface area (Å²) in [5.41, 5.74) is 1.78. The third-order valence-corrected chi connectivity index (χ3v) is 4.43. The van der Waals surface area contributed by atoms with E-state index in [4.69, 9.17) is 4.99 Å². The Balaban J connectivity index is 2.10. The Morgan fingerprint density at radius 1 is 1.42 bits per heavy atom. The van der Waals surface area contributed by atoms with Gasteiger partial charge in [-0.15, -0.1) is 0 Å². The van der Waals surface area contributed by atoms with Crippen LogP contribution in [-0.2, 0) is 0 Å². The number of rotatable bonds is 3. The van der Waals surface area contributed by atoms with Gasteiger partial charge in [0.05, 0.1) is 5.54 Å². The van der Waals surface area contributed by atoms with Crippen LogP contribution >= 0.6 is 11.8 Å². The van der Waals surface area contributed by atoms with E-state index in [1.165, 1.54) is 0 Å². The van der Waals surface area contributed by atoms with Crippen LogP contribution in [-0.4, -0.2) is 22.2 Å². The molecule has 1 aromatic carbocycles. The summed E-state index contributed by atoms with van der Waals surface area (Å²) in [6.07, 6.45) is 2.19. The number of nitrogens with zero attached hydrogens (tertiary/aromatic N) is 1. The summed E-state index contributed by atoms with van der Waals surface area (Å²) >= 11 is 1.76. The van der Waals surface area contributed by atoms with Crippen LogP contribution in [0.4, 0.5) is 5.69 Å².